The molecule has 1 aliphatic heterocycles. The van der Waals surface area contributed by atoms with Gasteiger partial charge in [-0.25, -0.2) is 0 Å². The molecule has 14 heavy (non-hydrogen) atoms. The summed E-state index contributed by atoms with van der Waals surface area (Å²) >= 11 is 0. The molecule has 0 spiro atoms. The highest BCUT2D eigenvalue weighted by Crippen LogP contribution is 2.15. The lowest BCUT2D eigenvalue weighted by atomic mass is 10.2. The molecule has 1 fully saturated rings. The first-order valence-corrected chi connectivity index (χ1v) is 6.63. The Labute approximate surface area is 87.5 Å². The van der Waals surface area contributed by atoms with E-state index in [2.05, 4.69) is 41.1 Å². The molecule has 1 saturated heterocycles. The van der Waals surface area contributed by atoms with Gasteiger partial charge in [-0.3, -0.25) is 0 Å². The smallest absolute Gasteiger partial charge is 0.0367 e. The van der Waals surface area contributed by atoms with Crippen LogP contribution in [-0.4, -0.2) is 32.8 Å². The molecular weight excluding hydrogens is 191 g/mol. The highest BCUT2D eigenvalue weighted by atomic mass is 31.1. The van der Waals surface area contributed by atoms with E-state index in [1.165, 1.54) is 11.0 Å². The van der Waals surface area contributed by atoms with E-state index >= 15 is 0 Å². The summed E-state index contributed by atoms with van der Waals surface area (Å²) in [5, 5.41) is 4.81. The number of hydrogen-bond donors (Lipinski definition) is 1. The van der Waals surface area contributed by atoms with Crippen LogP contribution in [0.3, 0.4) is 0 Å². The van der Waals surface area contributed by atoms with E-state index in [4.69, 9.17) is 0 Å². The van der Waals surface area contributed by atoms with Gasteiger partial charge in [0.2, 0.25) is 0 Å². The molecule has 2 rings (SSSR count). The quantitative estimate of drug-likeness (QED) is 0.730. The zero-order chi connectivity index (χ0) is 9.80. The number of rotatable bonds is 2. The topological polar surface area (TPSA) is 15.3 Å². The van der Waals surface area contributed by atoms with Gasteiger partial charge in [-0.05, 0) is 24.1 Å². The van der Waals surface area contributed by atoms with Gasteiger partial charge in [-0.2, -0.15) is 0 Å². The van der Waals surface area contributed by atoms with Crippen LogP contribution in [0.1, 0.15) is 0 Å². The van der Waals surface area contributed by atoms with E-state index in [1.54, 1.807) is 0 Å². The van der Waals surface area contributed by atoms with Crippen molar-refractivity contribution in [3.8, 4) is 0 Å². The fourth-order valence-corrected chi connectivity index (χ4v) is 2.26. The van der Waals surface area contributed by atoms with Crippen LogP contribution in [-0.2, 0) is 0 Å². The average Bonchev–Trinajstić information content (AvgIpc) is 2.30. The Bertz CT molecular complexity index is 278. The molecule has 1 unspecified atom stereocenters. The molecule has 3 heteroatoms. The van der Waals surface area contributed by atoms with Crippen molar-refractivity contribution in [2.75, 3.05) is 37.7 Å². The Morgan fingerprint density at radius 3 is 2.36 bits per heavy atom. The molecule has 1 atom stereocenters. The van der Waals surface area contributed by atoms with Crippen LogP contribution in [0.15, 0.2) is 24.3 Å². The summed E-state index contributed by atoms with van der Waals surface area (Å²) in [4.78, 5) is 2.44. The van der Waals surface area contributed by atoms with Crippen LogP contribution in [0.25, 0.3) is 0 Å². The standard InChI is InChI=1S/C11H17N2P/c1-14-11-4-2-10(3-5-11)13-8-6-12-7-9-13/h2-5,12,14H,6-9H2,1H3. The normalized spacial score (nSPS) is 17.9. The van der Waals surface area contributed by atoms with Crippen LogP contribution in [0.4, 0.5) is 5.69 Å². The van der Waals surface area contributed by atoms with Crippen molar-refractivity contribution >= 4 is 19.6 Å². The van der Waals surface area contributed by atoms with E-state index in [9.17, 15) is 0 Å². The Balaban J connectivity index is 2.07. The van der Waals surface area contributed by atoms with Crippen LogP contribution < -0.4 is 15.5 Å². The Kier molecular flexibility index (Phi) is 3.39. The summed E-state index contributed by atoms with van der Waals surface area (Å²) in [6, 6.07) is 8.99. The molecule has 0 amide bonds. The number of nitrogens with zero attached hydrogens (tertiary/aromatic N) is 1. The Morgan fingerprint density at radius 1 is 1.14 bits per heavy atom. The first kappa shape index (κ1) is 9.95. The molecule has 0 aromatic heterocycles. The third kappa shape index (κ3) is 2.26. The maximum atomic E-state index is 3.37. The lowest BCUT2D eigenvalue weighted by Crippen LogP contribution is -2.43. The first-order chi connectivity index (χ1) is 6.90. The van der Waals surface area contributed by atoms with Crippen LogP contribution in [0.2, 0.25) is 0 Å². The second-order valence-corrected chi connectivity index (χ2v) is 4.61. The summed E-state index contributed by atoms with van der Waals surface area (Å²) in [5.41, 5.74) is 1.37. The van der Waals surface area contributed by atoms with Crippen molar-refractivity contribution in [2.24, 2.45) is 0 Å². The van der Waals surface area contributed by atoms with Gasteiger partial charge in [-0.15, -0.1) is 0 Å². The minimum Gasteiger partial charge on any atom is -0.369 e. The molecule has 0 radical (unpaired) electrons. The van der Waals surface area contributed by atoms with Gasteiger partial charge in [0.15, 0.2) is 0 Å². The minimum absolute atomic E-state index is 0.905. The van der Waals surface area contributed by atoms with Gasteiger partial charge in [0.25, 0.3) is 0 Å². The predicted molar refractivity (Wildman–Crippen MR) is 65.4 cm³/mol. The van der Waals surface area contributed by atoms with Crippen molar-refractivity contribution in [3.05, 3.63) is 24.3 Å². The van der Waals surface area contributed by atoms with Crippen molar-refractivity contribution in [1.82, 2.24) is 5.32 Å². The molecule has 1 N–H and O–H groups in total. The second kappa shape index (κ2) is 4.77. The van der Waals surface area contributed by atoms with Crippen molar-refractivity contribution in [1.29, 1.82) is 0 Å². The number of hydrogen-bond acceptors (Lipinski definition) is 2. The SMILES string of the molecule is CPc1ccc(N2CCNCC2)cc1. The number of piperazine rings is 1. The maximum absolute atomic E-state index is 3.37. The zero-order valence-electron chi connectivity index (χ0n) is 8.59. The van der Waals surface area contributed by atoms with Crippen LogP contribution in [0, 0.1) is 0 Å². The summed E-state index contributed by atoms with van der Waals surface area (Å²) in [5.74, 6) is 0. The Morgan fingerprint density at radius 2 is 1.79 bits per heavy atom. The zero-order valence-corrected chi connectivity index (χ0v) is 9.59. The number of nitrogens with one attached hydrogen (secondary N) is 1. The molecule has 1 aromatic rings. The van der Waals surface area contributed by atoms with E-state index in [-0.39, 0.29) is 0 Å². The largest absolute Gasteiger partial charge is 0.369 e. The molecular formula is C11H17N2P. The molecule has 1 aromatic carbocycles. The monoisotopic (exact) mass is 208 g/mol. The number of benzene rings is 1. The summed E-state index contributed by atoms with van der Waals surface area (Å²) in [6.07, 6.45) is 0. The molecule has 0 bridgehead atoms. The predicted octanol–water partition coefficient (Wildman–Crippen LogP) is 1.03. The fourth-order valence-electron chi connectivity index (χ4n) is 1.76. The molecule has 1 heterocycles. The lowest BCUT2D eigenvalue weighted by Gasteiger charge is -2.29. The highest BCUT2D eigenvalue weighted by Gasteiger charge is 2.09. The van der Waals surface area contributed by atoms with E-state index in [0.29, 0.717) is 0 Å². The average molecular weight is 208 g/mol. The van der Waals surface area contributed by atoms with Crippen LogP contribution >= 0.6 is 8.58 Å². The van der Waals surface area contributed by atoms with Gasteiger partial charge in [0.1, 0.15) is 0 Å². The fraction of sp³-hybridized carbons (Fsp3) is 0.455. The maximum Gasteiger partial charge on any atom is 0.0367 e. The summed E-state index contributed by atoms with van der Waals surface area (Å²) in [6.45, 7) is 6.70. The highest BCUT2D eigenvalue weighted by molar-refractivity contribution is 7.46. The van der Waals surface area contributed by atoms with E-state index < -0.39 is 0 Å². The van der Waals surface area contributed by atoms with Crippen molar-refractivity contribution in [3.63, 3.8) is 0 Å². The van der Waals surface area contributed by atoms with Crippen LogP contribution in [0.5, 0.6) is 0 Å². The minimum atomic E-state index is 0.905. The molecule has 0 aliphatic carbocycles. The van der Waals surface area contributed by atoms with Gasteiger partial charge in [0.05, 0.1) is 0 Å². The second-order valence-electron chi connectivity index (χ2n) is 3.53. The summed E-state index contributed by atoms with van der Waals surface area (Å²) in [7, 11) is 0.905. The Hall–Kier alpha value is -0.590. The van der Waals surface area contributed by atoms with E-state index in [1.807, 2.05) is 0 Å². The third-order valence-electron chi connectivity index (χ3n) is 2.64. The summed E-state index contributed by atoms with van der Waals surface area (Å²) < 4.78 is 0. The number of anilines is 1. The van der Waals surface area contributed by atoms with Crippen molar-refractivity contribution in [2.45, 2.75) is 0 Å². The molecule has 1 aliphatic rings. The van der Waals surface area contributed by atoms with Gasteiger partial charge < -0.3 is 10.2 Å². The third-order valence-corrected chi connectivity index (χ3v) is 3.55. The first-order valence-electron chi connectivity index (χ1n) is 5.13. The van der Waals surface area contributed by atoms with Gasteiger partial charge in [0, 0.05) is 31.9 Å². The lowest BCUT2D eigenvalue weighted by molar-refractivity contribution is 0.589. The van der Waals surface area contributed by atoms with Gasteiger partial charge >= 0.3 is 0 Å². The molecule has 2 nitrogen and oxygen atoms in total. The van der Waals surface area contributed by atoms with Crippen molar-refractivity contribution < 1.29 is 0 Å². The molecule has 76 valence electrons. The molecule has 0 saturated carbocycles. The van der Waals surface area contributed by atoms with Gasteiger partial charge in [-0.1, -0.05) is 20.7 Å². The van der Waals surface area contributed by atoms with E-state index in [0.717, 1.165) is 34.8 Å².